The van der Waals surface area contributed by atoms with Gasteiger partial charge in [0.2, 0.25) is 11.8 Å². The number of aryl methyl sites for hydroxylation is 2. The van der Waals surface area contributed by atoms with Gasteiger partial charge in [-0.3, -0.25) is 57.5 Å². The normalized spacial score (nSPS) is 17.9. The zero-order chi connectivity index (χ0) is 88.0. The highest BCUT2D eigenvalue weighted by molar-refractivity contribution is 6.28. The molecule has 2 fully saturated rings. The number of unbranched alkanes of at least 4 members (excludes halogenated alkanes) is 4. The minimum Gasteiger partial charge on any atom is -0.497 e. The molecule has 8 atom stereocenters. The third-order valence-corrected chi connectivity index (χ3v) is 19.7. The van der Waals surface area contributed by atoms with Crippen LogP contribution in [0.2, 0.25) is 0 Å². The second-order valence-electron chi connectivity index (χ2n) is 27.5. The molecule has 2 aromatic heterocycles. The fraction of sp³-hybridized carbons (Fsp3) is 0.584. The Kier molecular flexibility index (Phi) is 40.8. The highest BCUT2D eigenvalue weighted by Crippen LogP contribution is 2.44. The van der Waals surface area contributed by atoms with Gasteiger partial charge in [-0.05, 0) is 98.7 Å². The van der Waals surface area contributed by atoms with E-state index in [1.807, 2.05) is 83.8 Å². The van der Waals surface area contributed by atoms with Crippen molar-refractivity contribution in [3.05, 3.63) is 161 Å². The number of aliphatic hydroxyl groups is 5. The van der Waals surface area contributed by atoms with E-state index < -0.39 is 169 Å². The number of carbonyl (C=O) groups is 6. The van der Waals surface area contributed by atoms with E-state index in [1.54, 1.807) is 35.0 Å². The summed E-state index contributed by atoms with van der Waals surface area (Å²) in [7, 11) is 3.31. The first-order valence-corrected chi connectivity index (χ1v) is 38.2. The van der Waals surface area contributed by atoms with Crippen molar-refractivity contribution in [3.63, 3.8) is 0 Å². The third-order valence-electron chi connectivity index (χ3n) is 19.1. The number of amides is 6. The van der Waals surface area contributed by atoms with Crippen LogP contribution in [0.4, 0.5) is 52.7 Å². The van der Waals surface area contributed by atoms with Crippen molar-refractivity contribution in [1.29, 1.82) is 0 Å². The predicted molar refractivity (Wildman–Crippen MR) is 407 cm³/mol. The van der Waals surface area contributed by atoms with Crippen molar-refractivity contribution in [2.75, 3.05) is 86.3 Å². The Bertz CT molecular complexity index is 4020. The highest BCUT2D eigenvalue weighted by atomic mass is 35.5. The minimum atomic E-state index is -5.22. The largest absolute Gasteiger partial charge is 0.497 e. The van der Waals surface area contributed by atoms with Gasteiger partial charge in [0.1, 0.15) is 59.1 Å². The van der Waals surface area contributed by atoms with E-state index in [0.29, 0.717) is 51.7 Å². The Balaban J connectivity index is 0.000000392. The lowest BCUT2D eigenvalue weighted by Gasteiger charge is -2.29. The lowest BCUT2D eigenvalue weighted by molar-refractivity contribution is -0.186. The summed E-state index contributed by atoms with van der Waals surface area (Å²) in [5.41, 5.74) is -0.924. The summed E-state index contributed by atoms with van der Waals surface area (Å²) in [5, 5.41) is 54.6. The molecule has 7 rings (SSSR count). The van der Waals surface area contributed by atoms with Gasteiger partial charge in [-0.15, -0.1) is 11.6 Å². The fourth-order valence-electron chi connectivity index (χ4n) is 12.6. The number of rotatable bonds is 39. The number of halogens is 13. The summed E-state index contributed by atoms with van der Waals surface area (Å²) in [4.78, 5) is 126. The molecule has 2 unspecified atom stereocenters. The van der Waals surface area contributed by atoms with Gasteiger partial charge in [-0.1, -0.05) is 95.6 Å². The fourth-order valence-corrected chi connectivity index (χ4v) is 13.0. The molecule has 6 amide bonds. The maximum absolute atomic E-state index is 13.2. The quantitative estimate of drug-likeness (QED) is 0.00813. The van der Waals surface area contributed by atoms with E-state index in [2.05, 4.69) is 15.6 Å². The first kappa shape index (κ1) is 102. The van der Waals surface area contributed by atoms with Gasteiger partial charge in [0, 0.05) is 104 Å². The molecule has 666 valence electrons. The number of aromatic amines is 2. The van der Waals surface area contributed by atoms with E-state index >= 15 is 0 Å². The Hall–Kier alpha value is -9.39. The Morgan fingerprint density at radius 1 is 0.462 bits per heavy atom. The van der Waals surface area contributed by atoms with Crippen molar-refractivity contribution in [3.8, 4) is 11.5 Å². The van der Waals surface area contributed by atoms with E-state index in [4.69, 9.17) is 30.5 Å². The number of aromatic nitrogens is 4. The number of hydrogen-bond donors (Lipinski definition) is 9. The highest BCUT2D eigenvalue weighted by Gasteiger charge is 2.48. The Morgan fingerprint density at radius 3 is 1.05 bits per heavy atom. The van der Waals surface area contributed by atoms with Gasteiger partial charge in [0.25, 0.3) is 11.1 Å². The minimum absolute atomic E-state index is 0. The number of benzene rings is 3. The first-order chi connectivity index (χ1) is 55.5. The average Bonchev–Trinajstić information content (AvgIpc) is 1.31. The summed E-state index contributed by atoms with van der Waals surface area (Å²) in [6.45, 7) is 0.789. The number of ether oxygens (including phenoxy) is 4. The standard InChI is InChI=1S/C28H41F6N5O8.C27H39F6N5O9.C21H19ClO2.CH4/c1-3-5-11-37(24(44)27(29,30)31)12-6-7-13-38(25(45)28(32,33)34)14-8-10-35-19(40)9-15-39-16-17(23(43)36-26(39)46)22-21(42)20(41)18(4-2)47-22;1-2-3-9-36(23(44)26(28,29)30)10-4-5-11-37(24(45)27(31,32)33)12-6-8-34-18(40)7-13-38-14-16(22(43)35-25(38)46)21-20(42)19(41)17(15-39)47-21;1-23-19-12-8-17(9-13-19)21(22,16-6-4-3-5-7-16)18-10-14-20(24-2)15-11-18;/h16,18,20-22,41-42H,3-15H2,1-2H3,(H,35,40)(H,36,43,46);14,17,19-21,39,41-42H,2-13,15H2,1H3,(H,34,40)(H,35,43,46);3-15H,1-2H3;1H4/t18-,20?,21+,22+;17-,19?,20+,21+;;/m11../s1. The monoisotopic (exact) mass is 1730 g/mol. The van der Waals surface area contributed by atoms with Crippen LogP contribution in [0.1, 0.15) is 152 Å². The van der Waals surface area contributed by atoms with Crippen molar-refractivity contribution in [2.45, 2.75) is 203 Å². The number of nitrogens with one attached hydrogen (secondary N) is 4. The molecule has 2 saturated heterocycles. The van der Waals surface area contributed by atoms with Crippen molar-refractivity contribution >= 4 is 47.0 Å². The van der Waals surface area contributed by atoms with Crippen LogP contribution in [-0.2, 0) is 56.2 Å². The van der Waals surface area contributed by atoms with Gasteiger partial charge in [0.05, 0.1) is 38.1 Å². The molecule has 29 nitrogen and oxygen atoms in total. The van der Waals surface area contributed by atoms with Crippen LogP contribution in [0.15, 0.2) is 110 Å². The van der Waals surface area contributed by atoms with Crippen LogP contribution in [0, 0.1) is 0 Å². The molecular formula is C77H103ClF12N10O19. The maximum atomic E-state index is 13.2. The smallest absolute Gasteiger partial charge is 0.471 e. The number of H-pyrrole nitrogens is 2. The summed E-state index contributed by atoms with van der Waals surface area (Å²) in [6.07, 6.45) is -28.1. The molecule has 3 aromatic carbocycles. The van der Waals surface area contributed by atoms with Gasteiger partial charge in [0.15, 0.2) is 0 Å². The SMILES string of the molecule is C.CCCCN(CCCCN(CCCNC(=O)CCn1cc([C@@H]2O[C@H](CC)C(O)[C@@H]2O)c(=O)[nH]c1=O)C(=O)C(F)(F)F)C(=O)C(F)(F)F.CCCCN(CCCCN(CCCNC(=O)CCn1cc([C@@H]2O[C@H](CO)C(O)[C@@H]2O)c(=O)[nH]c1=O)C(=O)C(F)(F)F)C(=O)C(F)(F)F.COc1ccc(C(Cl)(c2ccccc2)c2ccc(OC)cc2)cc1. The van der Waals surface area contributed by atoms with Crippen LogP contribution in [0.5, 0.6) is 11.5 Å². The molecule has 0 spiro atoms. The molecule has 0 saturated carbocycles. The summed E-state index contributed by atoms with van der Waals surface area (Å²) < 4.78 is 179. The van der Waals surface area contributed by atoms with Crippen molar-refractivity contribution < 1.29 is 126 Å². The zero-order valence-electron chi connectivity index (χ0n) is 65.2. The molecular weight excluding hydrogens is 1630 g/mol. The summed E-state index contributed by atoms with van der Waals surface area (Å²) in [5.74, 6) is -8.05. The van der Waals surface area contributed by atoms with Crippen LogP contribution in [0.3, 0.4) is 0 Å². The van der Waals surface area contributed by atoms with E-state index in [-0.39, 0.29) is 122 Å². The topological polar surface area (TPSA) is 387 Å². The number of alkyl halides is 13. The van der Waals surface area contributed by atoms with E-state index in [0.717, 1.165) is 49.7 Å². The van der Waals surface area contributed by atoms with Gasteiger partial charge in [-0.25, -0.2) is 9.59 Å². The molecule has 0 bridgehead atoms. The summed E-state index contributed by atoms with van der Waals surface area (Å²) in [6, 6.07) is 25.8. The predicted octanol–water partition coefficient (Wildman–Crippen LogP) is 7.19. The van der Waals surface area contributed by atoms with Crippen molar-refractivity contribution in [2.24, 2.45) is 0 Å². The molecule has 2 aliphatic rings. The number of aliphatic hydroxyl groups excluding tert-OH is 5. The molecule has 0 radical (unpaired) electrons. The molecule has 4 heterocycles. The second-order valence-corrected chi connectivity index (χ2v) is 28.1. The number of methoxy groups -OCH3 is 2. The number of carbonyl (C=O) groups excluding carboxylic acids is 6. The first-order valence-electron chi connectivity index (χ1n) is 37.8. The second kappa shape index (κ2) is 47.6. The van der Waals surface area contributed by atoms with Gasteiger partial charge < -0.3 is 74.7 Å². The third kappa shape index (κ3) is 30.1. The Labute approximate surface area is 681 Å². The number of nitrogens with zero attached hydrogens (tertiary/aromatic N) is 6. The summed E-state index contributed by atoms with van der Waals surface area (Å²) >= 11 is 7.22. The van der Waals surface area contributed by atoms with Crippen LogP contribution >= 0.6 is 11.6 Å². The van der Waals surface area contributed by atoms with E-state index in [1.165, 1.54) is 0 Å². The molecule has 42 heteroatoms. The van der Waals surface area contributed by atoms with Gasteiger partial charge in [-0.2, -0.15) is 52.7 Å². The van der Waals surface area contributed by atoms with Crippen LogP contribution in [-0.4, -0.2) is 247 Å². The van der Waals surface area contributed by atoms with E-state index in [9.17, 15) is 126 Å². The number of hydrogen-bond acceptors (Lipinski definition) is 19. The van der Waals surface area contributed by atoms with Crippen molar-refractivity contribution in [1.82, 2.24) is 49.3 Å². The molecule has 119 heavy (non-hydrogen) atoms. The lowest BCUT2D eigenvalue weighted by atomic mass is 9.84. The molecule has 0 aliphatic carbocycles. The lowest BCUT2D eigenvalue weighted by Crippen LogP contribution is -2.44. The zero-order valence-corrected chi connectivity index (χ0v) is 66.0. The molecule has 2 aliphatic heterocycles. The average molecular weight is 1740 g/mol. The van der Waals surface area contributed by atoms with Gasteiger partial charge >= 0.3 is 59.7 Å². The molecule has 5 aromatic rings. The Morgan fingerprint density at radius 2 is 0.765 bits per heavy atom. The van der Waals surface area contributed by atoms with Crippen LogP contribution < -0.4 is 42.6 Å². The maximum Gasteiger partial charge on any atom is 0.471 e. The molecule has 9 N–H and O–H groups in total. The van der Waals surface area contributed by atoms with Crippen LogP contribution in [0.25, 0.3) is 0 Å².